The molecule has 1 aliphatic rings. The Labute approximate surface area is 200 Å². The molecule has 2 aromatic rings. The lowest BCUT2D eigenvalue weighted by Crippen LogP contribution is -2.31. The molecule has 1 amide bonds. The number of carbonyl (C=O) groups excluding carboxylic acids is 1. The summed E-state index contributed by atoms with van der Waals surface area (Å²) in [7, 11) is -7.15. The Balaban J connectivity index is 1.59. The van der Waals surface area contributed by atoms with E-state index in [1.165, 1.54) is 32.9 Å². The van der Waals surface area contributed by atoms with Gasteiger partial charge in [-0.15, -0.1) is 0 Å². The molecule has 0 spiro atoms. The standard InChI is InChI=1S/C22H29N3O7S2/c1-4-24(5-2)34(29,30)19-11-8-17(9-12-19)23-22(26)7-6-14-25(33(3,27)28)18-10-13-20-21(15-18)32-16-31-20/h8-13,15H,4-7,14,16H2,1-3H3,(H,23,26). The Hall–Kier alpha value is -2.83. The van der Waals surface area contributed by atoms with E-state index in [0.29, 0.717) is 36.0 Å². The van der Waals surface area contributed by atoms with Gasteiger partial charge in [-0.3, -0.25) is 9.10 Å². The number of ether oxygens (including phenoxy) is 2. The molecule has 0 unspecified atom stereocenters. The minimum atomic E-state index is -3.58. The van der Waals surface area contributed by atoms with Gasteiger partial charge in [0.2, 0.25) is 32.7 Å². The lowest BCUT2D eigenvalue weighted by molar-refractivity contribution is -0.116. The van der Waals surface area contributed by atoms with Crippen molar-refractivity contribution >= 4 is 37.3 Å². The number of rotatable bonds is 11. The molecule has 3 rings (SSSR count). The van der Waals surface area contributed by atoms with Crippen LogP contribution in [0, 0.1) is 0 Å². The Bertz CT molecular complexity index is 1230. The van der Waals surface area contributed by atoms with Crippen LogP contribution in [0.2, 0.25) is 0 Å². The van der Waals surface area contributed by atoms with Gasteiger partial charge in [-0.1, -0.05) is 13.8 Å². The predicted molar refractivity (Wildman–Crippen MR) is 129 cm³/mol. The third kappa shape index (κ3) is 5.99. The van der Waals surface area contributed by atoms with Crippen molar-refractivity contribution in [1.29, 1.82) is 0 Å². The van der Waals surface area contributed by atoms with Crippen molar-refractivity contribution in [3.05, 3.63) is 42.5 Å². The van der Waals surface area contributed by atoms with E-state index in [2.05, 4.69) is 5.32 Å². The summed E-state index contributed by atoms with van der Waals surface area (Å²) in [6.07, 6.45) is 1.46. The maximum Gasteiger partial charge on any atom is 0.243 e. The van der Waals surface area contributed by atoms with Gasteiger partial charge >= 0.3 is 0 Å². The fraction of sp³-hybridized carbons (Fsp3) is 0.409. The Morgan fingerprint density at radius 1 is 0.971 bits per heavy atom. The van der Waals surface area contributed by atoms with Gasteiger partial charge in [0.25, 0.3) is 0 Å². The molecule has 1 heterocycles. The summed E-state index contributed by atoms with van der Waals surface area (Å²) in [5.74, 6) is 0.710. The molecule has 0 atom stereocenters. The second-order valence-corrected chi connectivity index (χ2v) is 11.5. The molecule has 0 bridgehead atoms. The molecule has 34 heavy (non-hydrogen) atoms. The highest BCUT2D eigenvalue weighted by molar-refractivity contribution is 7.92. The number of hydrogen-bond acceptors (Lipinski definition) is 7. The van der Waals surface area contributed by atoms with Crippen molar-refractivity contribution in [1.82, 2.24) is 4.31 Å². The Kier molecular flexibility index (Phi) is 8.05. The average molecular weight is 512 g/mol. The van der Waals surface area contributed by atoms with E-state index in [1.54, 1.807) is 32.0 Å². The van der Waals surface area contributed by atoms with Gasteiger partial charge in [0.05, 0.1) is 16.8 Å². The van der Waals surface area contributed by atoms with E-state index in [0.717, 1.165) is 6.26 Å². The summed E-state index contributed by atoms with van der Waals surface area (Å²) < 4.78 is 62.9. The summed E-state index contributed by atoms with van der Waals surface area (Å²) in [5.41, 5.74) is 0.886. The fourth-order valence-electron chi connectivity index (χ4n) is 3.56. The van der Waals surface area contributed by atoms with E-state index in [9.17, 15) is 21.6 Å². The molecule has 1 aliphatic heterocycles. The van der Waals surface area contributed by atoms with Crippen LogP contribution in [-0.4, -0.2) is 59.7 Å². The number of sulfonamides is 2. The van der Waals surface area contributed by atoms with E-state index in [1.807, 2.05) is 0 Å². The van der Waals surface area contributed by atoms with Crippen LogP contribution >= 0.6 is 0 Å². The first-order chi connectivity index (χ1) is 16.1. The van der Waals surface area contributed by atoms with Crippen LogP contribution in [0.1, 0.15) is 26.7 Å². The smallest absolute Gasteiger partial charge is 0.243 e. The monoisotopic (exact) mass is 511 g/mol. The van der Waals surface area contributed by atoms with Gasteiger partial charge in [0, 0.05) is 37.8 Å². The Morgan fingerprint density at radius 2 is 1.62 bits per heavy atom. The first-order valence-corrected chi connectivity index (χ1v) is 14.1. The van der Waals surface area contributed by atoms with Gasteiger partial charge in [0.1, 0.15) is 0 Å². The number of hydrogen-bond donors (Lipinski definition) is 1. The molecule has 10 nitrogen and oxygen atoms in total. The maximum absolute atomic E-state index is 12.6. The Morgan fingerprint density at radius 3 is 2.24 bits per heavy atom. The highest BCUT2D eigenvalue weighted by atomic mass is 32.2. The minimum Gasteiger partial charge on any atom is -0.454 e. The fourth-order valence-corrected chi connectivity index (χ4v) is 5.97. The molecule has 12 heteroatoms. The summed E-state index contributed by atoms with van der Waals surface area (Å²) in [4.78, 5) is 12.5. The summed E-state index contributed by atoms with van der Waals surface area (Å²) >= 11 is 0. The molecular weight excluding hydrogens is 482 g/mol. The van der Waals surface area contributed by atoms with Crippen LogP contribution in [-0.2, 0) is 24.8 Å². The van der Waals surface area contributed by atoms with Crippen molar-refractivity contribution in [2.75, 3.05) is 42.3 Å². The minimum absolute atomic E-state index is 0.0794. The number of nitrogens with one attached hydrogen (secondary N) is 1. The number of anilines is 2. The normalized spacial score (nSPS) is 13.2. The molecule has 2 aromatic carbocycles. The largest absolute Gasteiger partial charge is 0.454 e. The predicted octanol–water partition coefficient (Wildman–Crippen LogP) is 2.63. The van der Waals surface area contributed by atoms with Gasteiger partial charge in [-0.25, -0.2) is 16.8 Å². The first kappa shape index (κ1) is 25.8. The number of carbonyl (C=O) groups is 1. The lowest BCUT2D eigenvalue weighted by Gasteiger charge is -2.22. The van der Waals surface area contributed by atoms with Crippen LogP contribution < -0.4 is 19.1 Å². The number of fused-ring (bicyclic) bond motifs is 1. The zero-order chi connectivity index (χ0) is 24.9. The quantitative estimate of drug-likeness (QED) is 0.492. The zero-order valence-corrected chi connectivity index (χ0v) is 21.0. The third-order valence-electron chi connectivity index (χ3n) is 5.29. The van der Waals surface area contributed by atoms with Crippen LogP contribution in [0.3, 0.4) is 0 Å². The second-order valence-electron chi connectivity index (χ2n) is 7.64. The highest BCUT2D eigenvalue weighted by Gasteiger charge is 2.23. The molecular formula is C22H29N3O7S2. The molecule has 1 N–H and O–H groups in total. The van der Waals surface area contributed by atoms with Crippen molar-refractivity contribution in [2.24, 2.45) is 0 Å². The van der Waals surface area contributed by atoms with Gasteiger partial charge in [-0.05, 0) is 42.8 Å². The summed E-state index contributed by atoms with van der Waals surface area (Å²) in [5, 5.41) is 2.71. The molecule has 0 fully saturated rings. The second kappa shape index (κ2) is 10.6. The van der Waals surface area contributed by atoms with E-state index >= 15 is 0 Å². The van der Waals surface area contributed by atoms with Crippen molar-refractivity contribution in [3.8, 4) is 11.5 Å². The summed E-state index contributed by atoms with van der Waals surface area (Å²) in [6, 6.07) is 10.8. The van der Waals surface area contributed by atoms with Gasteiger partial charge in [0.15, 0.2) is 11.5 Å². The van der Waals surface area contributed by atoms with Crippen LogP contribution in [0.5, 0.6) is 11.5 Å². The number of benzene rings is 2. The first-order valence-electron chi connectivity index (χ1n) is 10.8. The van der Waals surface area contributed by atoms with Crippen molar-refractivity contribution < 1.29 is 31.1 Å². The van der Waals surface area contributed by atoms with Crippen molar-refractivity contribution in [2.45, 2.75) is 31.6 Å². The average Bonchev–Trinajstić information content (AvgIpc) is 3.25. The molecule has 0 radical (unpaired) electrons. The van der Waals surface area contributed by atoms with E-state index in [-0.39, 0.29) is 37.0 Å². The van der Waals surface area contributed by atoms with Gasteiger partial charge < -0.3 is 14.8 Å². The summed E-state index contributed by atoms with van der Waals surface area (Å²) in [6.45, 7) is 4.47. The van der Waals surface area contributed by atoms with Gasteiger partial charge in [-0.2, -0.15) is 4.31 Å². The van der Waals surface area contributed by atoms with Crippen molar-refractivity contribution in [3.63, 3.8) is 0 Å². The lowest BCUT2D eigenvalue weighted by atomic mass is 10.2. The van der Waals surface area contributed by atoms with Crippen LogP contribution in [0.4, 0.5) is 11.4 Å². The molecule has 0 saturated carbocycles. The van der Waals surface area contributed by atoms with E-state index in [4.69, 9.17) is 9.47 Å². The third-order valence-corrected chi connectivity index (χ3v) is 8.55. The van der Waals surface area contributed by atoms with Crippen LogP contribution in [0.15, 0.2) is 47.4 Å². The topological polar surface area (TPSA) is 122 Å². The van der Waals surface area contributed by atoms with Crippen LogP contribution in [0.25, 0.3) is 0 Å². The zero-order valence-electron chi connectivity index (χ0n) is 19.4. The molecule has 186 valence electrons. The number of nitrogens with zero attached hydrogens (tertiary/aromatic N) is 2. The molecule has 0 saturated heterocycles. The highest BCUT2D eigenvalue weighted by Crippen LogP contribution is 2.36. The maximum atomic E-state index is 12.6. The van der Waals surface area contributed by atoms with E-state index < -0.39 is 20.0 Å². The molecule has 0 aromatic heterocycles. The number of amides is 1. The SMILES string of the molecule is CCN(CC)S(=O)(=O)c1ccc(NC(=O)CCCN(c2ccc3c(c2)OCO3)S(C)(=O)=O)cc1. The molecule has 0 aliphatic carbocycles.